The monoisotopic (exact) mass is 500 g/mol. The van der Waals surface area contributed by atoms with E-state index in [0.29, 0.717) is 29.2 Å². The van der Waals surface area contributed by atoms with Crippen LogP contribution in [0, 0.1) is 5.92 Å². The SMILES string of the molecule is NC[C@@](NS(=O)(=O)c1cccc(OCC2CCNCC2)c1)(C(=O)O)C(=O)c1cc2ccccc2[nH]1. The molecule has 35 heavy (non-hydrogen) atoms. The summed E-state index contributed by atoms with van der Waals surface area (Å²) in [6.07, 6.45) is 1.93. The first-order valence-corrected chi connectivity index (χ1v) is 12.8. The van der Waals surface area contributed by atoms with Crippen LogP contribution in [0.2, 0.25) is 0 Å². The van der Waals surface area contributed by atoms with Crippen LogP contribution in [0.25, 0.3) is 10.9 Å². The maximum Gasteiger partial charge on any atom is 0.334 e. The molecule has 3 aromatic rings. The summed E-state index contributed by atoms with van der Waals surface area (Å²) < 4.78 is 34.3. The lowest BCUT2D eigenvalue weighted by Gasteiger charge is -2.27. The van der Waals surface area contributed by atoms with Crippen molar-refractivity contribution in [2.24, 2.45) is 11.7 Å². The number of aliphatic carboxylic acids is 1. The van der Waals surface area contributed by atoms with E-state index in [4.69, 9.17) is 10.5 Å². The normalized spacial score (nSPS) is 16.6. The summed E-state index contributed by atoms with van der Waals surface area (Å²) in [5.74, 6) is -2.00. The fourth-order valence-corrected chi connectivity index (χ4v) is 5.49. The number of benzene rings is 2. The Bertz CT molecular complexity index is 1300. The molecule has 0 spiro atoms. The third kappa shape index (κ3) is 5.22. The summed E-state index contributed by atoms with van der Waals surface area (Å²) in [6, 6.07) is 14.2. The number of piperidine rings is 1. The Morgan fingerprint density at radius 1 is 1.11 bits per heavy atom. The van der Waals surface area contributed by atoms with Crippen molar-refractivity contribution in [2.45, 2.75) is 23.3 Å². The number of Topliss-reactive ketones (excluding diaryl/α,β-unsaturated/α-hetero) is 1. The molecule has 0 radical (unpaired) electrons. The highest BCUT2D eigenvalue weighted by Crippen LogP contribution is 2.24. The number of para-hydroxylation sites is 1. The maximum absolute atomic E-state index is 13.3. The Hall–Kier alpha value is -3.25. The number of ether oxygens (including phenoxy) is 1. The van der Waals surface area contributed by atoms with Gasteiger partial charge in [-0.1, -0.05) is 24.3 Å². The predicted octanol–water partition coefficient (Wildman–Crippen LogP) is 1.49. The molecule has 0 aliphatic carbocycles. The summed E-state index contributed by atoms with van der Waals surface area (Å²) in [5.41, 5.74) is 3.65. The number of carbonyl (C=O) groups excluding carboxylic acids is 1. The van der Waals surface area contributed by atoms with E-state index in [1.807, 2.05) is 0 Å². The van der Waals surface area contributed by atoms with E-state index in [9.17, 15) is 23.1 Å². The van der Waals surface area contributed by atoms with Gasteiger partial charge in [-0.3, -0.25) is 4.79 Å². The summed E-state index contributed by atoms with van der Waals surface area (Å²) in [5, 5.41) is 13.9. The zero-order chi connectivity index (χ0) is 25.1. The first kappa shape index (κ1) is 24.9. The van der Waals surface area contributed by atoms with Gasteiger partial charge in [-0.25, -0.2) is 13.2 Å². The van der Waals surface area contributed by atoms with E-state index in [0.717, 1.165) is 25.9 Å². The molecule has 0 amide bonds. The molecule has 1 saturated heterocycles. The van der Waals surface area contributed by atoms with Gasteiger partial charge in [0.25, 0.3) is 0 Å². The van der Waals surface area contributed by atoms with E-state index >= 15 is 0 Å². The number of carboxylic acid groups (broad SMARTS) is 1. The molecule has 6 N–H and O–H groups in total. The van der Waals surface area contributed by atoms with Crippen molar-refractivity contribution >= 4 is 32.7 Å². The molecule has 4 rings (SSSR count). The van der Waals surface area contributed by atoms with Gasteiger partial charge in [0.1, 0.15) is 5.75 Å². The standard InChI is InChI=1S/C24H28N4O6S/c25-15-24(23(30)31,22(29)21-12-17-4-1-2-7-20(17)27-21)28-35(32,33)19-6-3-5-18(13-19)34-14-16-8-10-26-11-9-16/h1-7,12-13,16,26-28H,8-11,14-15,25H2,(H,30,31)/t24-/m0/s1. The molecular weight excluding hydrogens is 472 g/mol. The van der Waals surface area contributed by atoms with Crippen LogP contribution in [-0.4, -0.2) is 62.0 Å². The van der Waals surface area contributed by atoms with Crippen molar-refractivity contribution < 1.29 is 27.9 Å². The van der Waals surface area contributed by atoms with Crippen molar-refractivity contribution in [3.63, 3.8) is 0 Å². The third-order valence-corrected chi connectivity index (χ3v) is 7.69. The second-order valence-corrected chi connectivity index (χ2v) is 10.3. The molecule has 1 aliphatic heterocycles. The molecule has 0 saturated carbocycles. The quantitative estimate of drug-likeness (QED) is 0.206. The number of aromatic amines is 1. The number of nitrogens with two attached hydrogens (primary N) is 1. The van der Waals surface area contributed by atoms with Gasteiger partial charge >= 0.3 is 5.97 Å². The third-order valence-electron chi connectivity index (χ3n) is 6.20. The molecule has 10 nitrogen and oxygen atoms in total. The highest BCUT2D eigenvalue weighted by Gasteiger charge is 2.49. The molecule has 1 aromatic heterocycles. The van der Waals surface area contributed by atoms with Crippen LogP contribution in [-0.2, 0) is 14.8 Å². The molecule has 1 atom stereocenters. The number of rotatable bonds is 10. The van der Waals surface area contributed by atoms with Crippen LogP contribution >= 0.6 is 0 Å². The Kier molecular flexibility index (Phi) is 7.22. The molecule has 2 heterocycles. The average molecular weight is 501 g/mol. The lowest BCUT2D eigenvalue weighted by molar-refractivity contribution is -0.141. The van der Waals surface area contributed by atoms with Gasteiger partial charge in [0.05, 0.1) is 17.2 Å². The van der Waals surface area contributed by atoms with Gasteiger partial charge in [-0.15, -0.1) is 0 Å². The molecule has 186 valence electrons. The second-order valence-electron chi connectivity index (χ2n) is 8.60. The van der Waals surface area contributed by atoms with Crippen LogP contribution in [0.1, 0.15) is 23.3 Å². The summed E-state index contributed by atoms with van der Waals surface area (Å²) in [4.78, 5) is 28.2. The Balaban J connectivity index is 1.59. The van der Waals surface area contributed by atoms with Crippen LogP contribution < -0.4 is 20.5 Å². The number of ketones is 1. The molecular formula is C24H28N4O6S. The molecule has 11 heteroatoms. The largest absolute Gasteiger partial charge is 0.493 e. The number of nitrogens with one attached hydrogen (secondary N) is 3. The molecule has 1 aliphatic rings. The van der Waals surface area contributed by atoms with Crippen molar-refractivity contribution in [2.75, 3.05) is 26.2 Å². The van der Waals surface area contributed by atoms with Crippen LogP contribution in [0.15, 0.2) is 59.5 Å². The number of carbonyl (C=O) groups is 2. The fraction of sp³-hybridized carbons (Fsp3) is 0.333. The van der Waals surface area contributed by atoms with Crippen molar-refractivity contribution in [1.29, 1.82) is 0 Å². The minimum Gasteiger partial charge on any atom is -0.493 e. The van der Waals surface area contributed by atoms with Crippen molar-refractivity contribution in [3.05, 3.63) is 60.3 Å². The van der Waals surface area contributed by atoms with Crippen LogP contribution in [0.3, 0.4) is 0 Å². The van der Waals surface area contributed by atoms with Gasteiger partial charge in [-0.05, 0) is 56.1 Å². The second kappa shape index (κ2) is 10.2. The van der Waals surface area contributed by atoms with Crippen molar-refractivity contribution in [3.8, 4) is 5.75 Å². The molecule has 1 fully saturated rings. The van der Waals surface area contributed by atoms with E-state index in [2.05, 4.69) is 15.0 Å². The van der Waals surface area contributed by atoms with Gasteiger partial charge < -0.3 is 25.9 Å². The Labute approximate surface area is 202 Å². The van der Waals surface area contributed by atoms with Crippen LogP contribution in [0.5, 0.6) is 5.75 Å². The van der Waals surface area contributed by atoms with Gasteiger partial charge in [0.2, 0.25) is 21.3 Å². The Morgan fingerprint density at radius 3 is 2.54 bits per heavy atom. The highest BCUT2D eigenvalue weighted by molar-refractivity contribution is 7.89. The van der Waals surface area contributed by atoms with Gasteiger partial charge in [-0.2, -0.15) is 4.72 Å². The number of hydrogen-bond acceptors (Lipinski definition) is 7. The van der Waals surface area contributed by atoms with Crippen molar-refractivity contribution in [1.82, 2.24) is 15.0 Å². The predicted molar refractivity (Wildman–Crippen MR) is 130 cm³/mol. The molecule has 0 unspecified atom stereocenters. The Morgan fingerprint density at radius 2 is 1.86 bits per heavy atom. The maximum atomic E-state index is 13.3. The molecule has 0 bridgehead atoms. The van der Waals surface area contributed by atoms with Gasteiger partial charge in [0, 0.05) is 23.5 Å². The summed E-state index contributed by atoms with van der Waals surface area (Å²) in [7, 11) is -4.46. The number of hydrogen-bond donors (Lipinski definition) is 5. The van der Waals surface area contributed by atoms with Crippen LogP contribution in [0.4, 0.5) is 0 Å². The van der Waals surface area contributed by atoms with Gasteiger partial charge in [0.15, 0.2) is 0 Å². The fourth-order valence-electron chi connectivity index (χ4n) is 4.12. The number of H-pyrrole nitrogens is 1. The lowest BCUT2D eigenvalue weighted by Crippen LogP contribution is -2.64. The first-order chi connectivity index (χ1) is 16.7. The zero-order valence-corrected chi connectivity index (χ0v) is 19.8. The highest BCUT2D eigenvalue weighted by atomic mass is 32.2. The number of carboxylic acids is 1. The zero-order valence-electron chi connectivity index (χ0n) is 19.0. The lowest BCUT2D eigenvalue weighted by atomic mass is 9.93. The van der Waals surface area contributed by atoms with E-state index in [1.54, 1.807) is 30.3 Å². The van der Waals surface area contributed by atoms with E-state index in [1.165, 1.54) is 24.3 Å². The number of aromatic nitrogens is 1. The summed E-state index contributed by atoms with van der Waals surface area (Å²) >= 11 is 0. The average Bonchev–Trinajstić information content (AvgIpc) is 3.31. The molecule has 2 aromatic carbocycles. The summed E-state index contributed by atoms with van der Waals surface area (Å²) in [6.45, 7) is 1.47. The number of fused-ring (bicyclic) bond motifs is 1. The smallest absolute Gasteiger partial charge is 0.334 e. The van der Waals surface area contributed by atoms with E-state index < -0.39 is 33.9 Å². The minimum absolute atomic E-state index is 0.0687. The first-order valence-electron chi connectivity index (χ1n) is 11.3. The topological polar surface area (TPSA) is 164 Å². The number of sulfonamides is 1. The van der Waals surface area contributed by atoms with E-state index in [-0.39, 0.29) is 10.6 Å². The minimum atomic E-state index is -4.46.